The molecule has 1 fully saturated rings. The van der Waals surface area contributed by atoms with Crippen LogP contribution in [-0.2, 0) is 20.7 Å². The molecule has 4 rings (SSSR count). The fourth-order valence-electron chi connectivity index (χ4n) is 5.76. The topological polar surface area (TPSA) is 81.0 Å². The van der Waals surface area contributed by atoms with Crippen LogP contribution in [0.15, 0.2) is 24.3 Å². The SMILES string of the molecule is CC[C@H]1CN2[C@H](CO)Cc3c(n(C(=O)OC(C)(C)C)c4ccccc34)[C@@H]2C[C@@H]1CC(=O)OC. The molecule has 2 aliphatic heterocycles. The molecule has 1 saturated heterocycles. The molecule has 0 bridgehead atoms. The molecular formula is C26H36N2O5. The van der Waals surface area contributed by atoms with E-state index in [2.05, 4.69) is 11.8 Å². The number of ether oxygens (including phenoxy) is 2. The van der Waals surface area contributed by atoms with Gasteiger partial charge in [-0.3, -0.25) is 9.69 Å². The van der Waals surface area contributed by atoms with E-state index in [1.165, 1.54) is 7.11 Å². The maximum Gasteiger partial charge on any atom is 0.419 e. The predicted octanol–water partition coefficient (Wildman–Crippen LogP) is 4.29. The molecule has 0 unspecified atom stereocenters. The highest BCUT2D eigenvalue weighted by Gasteiger charge is 2.46. The Morgan fingerprint density at radius 2 is 1.91 bits per heavy atom. The largest absolute Gasteiger partial charge is 0.469 e. The maximum absolute atomic E-state index is 13.5. The monoisotopic (exact) mass is 456 g/mol. The van der Waals surface area contributed by atoms with Gasteiger partial charge in [0.05, 0.1) is 31.0 Å². The van der Waals surface area contributed by atoms with E-state index in [0.29, 0.717) is 18.8 Å². The van der Waals surface area contributed by atoms with Crippen molar-refractivity contribution in [3.63, 3.8) is 0 Å². The number of carbonyl (C=O) groups excluding carboxylic acids is 2. The zero-order chi connectivity index (χ0) is 23.9. The third-order valence-electron chi connectivity index (χ3n) is 7.25. The molecule has 7 nitrogen and oxygen atoms in total. The highest BCUT2D eigenvalue weighted by molar-refractivity contribution is 5.94. The van der Waals surface area contributed by atoms with Crippen molar-refractivity contribution < 1.29 is 24.2 Å². The van der Waals surface area contributed by atoms with Gasteiger partial charge in [-0.1, -0.05) is 31.5 Å². The van der Waals surface area contributed by atoms with Gasteiger partial charge in [-0.25, -0.2) is 9.36 Å². The van der Waals surface area contributed by atoms with E-state index in [-0.39, 0.29) is 36.7 Å². The van der Waals surface area contributed by atoms with Crippen molar-refractivity contribution in [3.05, 3.63) is 35.5 Å². The molecular weight excluding hydrogens is 420 g/mol. The van der Waals surface area contributed by atoms with Crippen LogP contribution in [0.1, 0.15) is 64.3 Å². The Balaban J connectivity index is 1.85. The number of nitrogens with zero attached hydrogens (tertiary/aromatic N) is 2. The average Bonchev–Trinajstić information content (AvgIpc) is 3.11. The summed E-state index contributed by atoms with van der Waals surface area (Å²) >= 11 is 0. The summed E-state index contributed by atoms with van der Waals surface area (Å²) in [5.74, 6) is 0.281. The molecule has 180 valence electrons. The molecule has 1 N–H and O–H groups in total. The van der Waals surface area contributed by atoms with Crippen molar-refractivity contribution in [2.45, 2.75) is 71.1 Å². The van der Waals surface area contributed by atoms with Crippen molar-refractivity contribution in [2.24, 2.45) is 11.8 Å². The van der Waals surface area contributed by atoms with E-state index in [1.54, 1.807) is 4.57 Å². The summed E-state index contributed by atoms with van der Waals surface area (Å²) in [5, 5.41) is 11.3. The molecule has 1 aromatic heterocycles. The van der Waals surface area contributed by atoms with Gasteiger partial charge in [0.1, 0.15) is 5.60 Å². The van der Waals surface area contributed by atoms with E-state index >= 15 is 0 Å². The number of fused-ring (bicyclic) bond motifs is 5. The number of aromatic nitrogens is 1. The van der Waals surface area contributed by atoms with E-state index in [4.69, 9.17) is 9.47 Å². The molecule has 1 aromatic carbocycles. The number of hydrogen-bond donors (Lipinski definition) is 1. The lowest BCUT2D eigenvalue weighted by molar-refractivity contribution is -0.143. The summed E-state index contributed by atoms with van der Waals surface area (Å²) < 4.78 is 12.5. The Hall–Kier alpha value is -2.38. The number of aliphatic hydroxyl groups excluding tert-OH is 1. The van der Waals surface area contributed by atoms with Gasteiger partial charge < -0.3 is 14.6 Å². The predicted molar refractivity (Wildman–Crippen MR) is 126 cm³/mol. The summed E-state index contributed by atoms with van der Waals surface area (Å²) in [6.07, 6.45) is 2.34. The number of methoxy groups -OCH3 is 1. The van der Waals surface area contributed by atoms with Crippen LogP contribution in [0.5, 0.6) is 0 Å². The van der Waals surface area contributed by atoms with Gasteiger partial charge in [0, 0.05) is 24.4 Å². The number of aliphatic hydroxyl groups is 1. The summed E-state index contributed by atoms with van der Waals surface area (Å²) in [6.45, 7) is 8.60. The number of benzene rings is 1. The Bertz CT molecular complexity index is 1040. The van der Waals surface area contributed by atoms with Crippen molar-refractivity contribution in [2.75, 3.05) is 20.3 Å². The third-order valence-corrected chi connectivity index (χ3v) is 7.25. The molecule has 33 heavy (non-hydrogen) atoms. The first kappa shape index (κ1) is 23.8. The number of rotatable bonds is 4. The molecule has 0 amide bonds. The van der Waals surface area contributed by atoms with Gasteiger partial charge in [0.2, 0.25) is 0 Å². The molecule has 0 spiro atoms. The van der Waals surface area contributed by atoms with Crippen LogP contribution in [0, 0.1) is 11.8 Å². The van der Waals surface area contributed by atoms with Gasteiger partial charge >= 0.3 is 12.1 Å². The lowest BCUT2D eigenvalue weighted by atomic mass is 9.74. The fourth-order valence-corrected chi connectivity index (χ4v) is 5.76. The molecule has 0 saturated carbocycles. The lowest BCUT2D eigenvalue weighted by Crippen LogP contribution is -2.53. The first-order chi connectivity index (χ1) is 15.7. The number of piperidine rings is 1. The van der Waals surface area contributed by atoms with Gasteiger partial charge in [0.15, 0.2) is 0 Å². The van der Waals surface area contributed by atoms with E-state index in [1.807, 2.05) is 45.0 Å². The minimum absolute atomic E-state index is 0.0199. The minimum atomic E-state index is -0.620. The standard InChI is InChI=1S/C26H36N2O5/c1-6-16-14-27-18(15-29)13-20-19-9-7-8-10-21(19)28(25(31)33-26(2,3)4)24(20)22(27)11-17(16)12-23(30)32-5/h7-10,16-18,22,29H,6,11-15H2,1-5H3/t16-,17+,18-,22-/m0/s1. The normalized spacial score (nSPS) is 25.4. The number of hydrogen-bond acceptors (Lipinski definition) is 6. The van der Waals surface area contributed by atoms with Crippen LogP contribution in [0.25, 0.3) is 10.9 Å². The molecule has 0 aliphatic carbocycles. The van der Waals surface area contributed by atoms with Crippen LogP contribution in [0.4, 0.5) is 4.79 Å². The highest BCUT2D eigenvalue weighted by Crippen LogP contribution is 2.47. The molecule has 2 aromatic rings. The molecule has 0 radical (unpaired) electrons. The molecule has 3 heterocycles. The number of esters is 1. The van der Waals surface area contributed by atoms with Crippen LogP contribution >= 0.6 is 0 Å². The number of carbonyl (C=O) groups is 2. The molecule has 2 aliphatic rings. The maximum atomic E-state index is 13.5. The summed E-state index contributed by atoms with van der Waals surface area (Å²) in [6, 6.07) is 7.82. The average molecular weight is 457 g/mol. The Morgan fingerprint density at radius 1 is 1.18 bits per heavy atom. The summed E-state index contributed by atoms with van der Waals surface area (Å²) in [5.41, 5.74) is 2.26. The third kappa shape index (κ3) is 4.41. The van der Waals surface area contributed by atoms with Crippen LogP contribution in [0.3, 0.4) is 0 Å². The van der Waals surface area contributed by atoms with Crippen LogP contribution in [0.2, 0.25) is 0 Å². The number of para-hydroxylation sites is 1. The highest BCUT2D eigenvalue weighted by atomic mass is 16.6. The van der Waals surface area contributed by atoms with Crippen molar-refractivity contribution in [1.29, 1.82) is 0 Å². The first-order valence-corrected chi connectivity index (χ1v) is 12.0. The summed E-state index contributed by atoms with van der Waals surface area (Å²) in [7, 11) is 1.43. The second-order valence-corrected chi connectivity index (χ2v) is 10.4. The van der Waals surface area contributed by atoms with E-state index < -0.39 is 5.60 Å². The van der Waals surface area contributed by atoms with Gasteiger partial charge in [-0.05, 0) is 57.1 Å². The quantitative estimate of drug-likeness (QED) is 0.691. The Kier molecular flexibility index (Phi) is 6.56. The Morgan fingerprint density at radius 3 is 2.55 bits per heavy atom. The lowest BCUT2D eigenvalue weighted by Gasteiger charge is -2.50. The van der Waals surface area contributed by atoms with Crippen molar-refractivity contribution in [1.82, 2.24) is 9.47 Å². The first-order valence-electron chi connectivity index (χ1n) is 12.0. The van der Waals surface area contributed by atoms with Crippen LogP contribution < -0.4 is 0 Å². The Labute approximate surface area is 195 Å². The van der Waals surface area contributed by atoms with E-state index in [0.717, 1.165) is 41.5 Å². The molecule has 4 atom stereocenters. The van der Waals surface area contributed by atoms with Crippen LogP contribution in [-0.4, -0.2) is 58.5 Å². The van der Waals surface area contributed by atoms with Crippen molar-refractivity contribution in [3.8, 4) is 0 Å². The second kappa shape index (κ2) is 9.11. The molecule has 7 heteroatoms. The zero-order valence-electron chi connectivity index (χ0n) is 20.3. The fraction of sp³-hybridized carbons (Fsp3) is 0.615. The van der Waals surface area contributed by atoms with Gasteiger partial charge in [0.25, 0.3) is 0 Å². The van der Waals surface area contributed by atoms with Gasteiger partial charge in [-0.15, -0.1) is 0 Å². The minimum Gasteiger partial charge on any atom is -0.469 e. The van der Waals surface area contributed by atoms with Crippen molar-refractivity contribution >= 4 is 23.0 Å². The zero-order valence-corrected chi connectivity index (χ0v) is 20.3. The second-order valence-electron chi connectivity index (χ2n) is 10.4. The summed E-state index contributed by atoms with van der Waals surface area (Å²) in [4.78, 5) is 28.0. The smallest absolute Gasteiger partial charge is 0.419 e. The van der Waals surface area contributed by atoms with E-state index in [9.17, 15) is 14.7 Å². The van der Waals surface area contributed by atoms with Gasteiger partial charge in [-0.2, -0.15) is 0 Å².